The van der Waals surface area contributed by atoms with Gasteiger partial charge < -0.3 is 5.32 Å². The van der Waals surface area contributed by atoms with Gasteiger partial charge in [0.15, 0.2) is 0 Å². The summed E-state index contributed by atoms with van der Waals surface area (Å²) in [5, 5.41) is 3.41. The summed E-state index contributed by atoms with van der Waals surface area (Å²) in [6.45, 7) is 8.34. The van der Waals surface area contributed by atoms with Crippen molar-refractivity contribution < 1.29 is 0 Å². The largest absolute Gasteiger partial charge is 0.313 e. The highest BCUT2D eigenvalue weighted by Gasteiger charge is 2.07. The maximum absolute atomic E-state index is 3.56. The number of hydrogen-bond donors (Lipinski definition) is 1. The van der Waals surface area contributed by atoms with Crippen LogP contribution in [-0.2, 0) is 6.54 Å². The SMILES string of the molecule is CCNCc1cc(Br)ccc1Sc1cc(C)ccc1C. The van der Waals surface area contributed by atoms with Crippen molar-refractivity contribution in [3.05, 3.63) is 57.6 Å². The fourth-order valence-electron chi connectivity index (χ4n) is 1.98. The molecule has 0 saturated heterocycles. The average molecular weight is 350 g/mol. The van der Waals surface area contributed by atoms with Gasteiger partial charge in [0.05, 0.1) is 0 Å². The number of halogens is 1. The molecule has 0 aliphatic rings. The van der Waals surface area contributed by atoms with Crippen molar-refractivity contribution in [2.75, 3.05) is 6.54 Å². The summed E-state index contributed by atoms with van der Waals surface area (Å²) in [7, 11) is 0. The first-order valence-electron chi connectivity index (χ1n) is 6.84. The molecule has 0 unspecified atom stereocenters. The number of nitrogens with one attached hydrogen (secondary N) is 1. The first-order valence-corrected chi connectivity index (χ1v) is 8.45. The van der Waals surface area contributed by atoms with Gasteiger partial charge in [-0.2, -0.15) is 0 Å². The Morgan fingerprint density at radius 1 is 1.05 bits per heavy atom. The van der Waals surface area contributed by atoms with Gasteiger partial charge in [-0.05, 0) is 61.3 Å². The van der Waals surface area contributed by atoms with E-state index in [1.54, 1.807) is 0 Å². The van der Waals surface area contributed by atoms with Crippen molar-refractivity contribution in [1.29, 1.82) is 0 Å². The molecule has 3 heteroatoms. The predicted molar refractivity (Wildman–Crippen MR) is 91.6 cm³/mol. The van der Waals surface area contributed by atoms with Crippen LogP contribution < -0.4 is 5.32 Å². The molecule has 0 bridgehead atoms. The van der Waals surface area contributed by atoms with Crippen LogP contribution in [0, 0.1) is 13.8 Å². The maximum atomic E-state index is 3.56. The smallest absolute Gasteiger partial charge is 0.0217 e. The lowest BCUT2D eigenvalue weighted by molar-refractivity contribution is 0.717. The zero-order chi connectivity index (χ0) is 14.5. The third-order valence-electron chi connectivity index (χ3n) is 3.15. The summed E-state index contributed by atoms with van der Waals surface area (Å²) in [4.78, 5) is 2.66. The molecule has 0 fully saturated rings. The molecule has 1 N–H and O–H groups in total. The summed E-state index contributed by atoms with van der Waals surface area (Å²) in [6, 6.07) is 13.1. The minimum Gasteiger partial charge on any atom is -0.313 e. The maximum Gasteiger partial charge on any atom is 0.0217 e. The topological polar surface area (TPSA) is 12.0 Å². The first-order chi connectivity index (χ1) is 9.60. The molecule has 0 aromatic heterocycles. The molecule has 0 radical (unpaired) electrons. The van der Waals surface area contributed by atoms with Crippen LogP contribution in [0.15, 0.2) is 50.7 Å². The molecule has 1 nitrogen and oxygen atoms in total. The van der Waals surface area contributed by atoms with Gasteiger partial charge in [0.1, 0.15) is 0 Å². The molecule has 0 spiro atoms. The third kappa shape index (κ3) is 4.11. The first kappa shape index (κ1) is 15.6. The molecular weight excluding hydrogens is 330 g/mol. The van der Waals surface area contributed by atoms with Crippen LogP contribution in [0.4, 0.5) is 0 Å². The van der Waals surface area contributed by atoms with Crippen LogP contribution in [0.3, 0.4) is 0 Å². The van der Waals surface area contributed by atoms with E-state index in [0.717, 1.165) is 17.6 Å². The van der Waals surface area contributed by atoms with Gasteiger partial charge in [-0.25, -0.2) is 0 Å². The van der Waals surface area contributed by atoms with Gasteiger partial charge in [0, 0.05) is 20.8 Å². The van der Waals surface area contributed by atoms with E-state index in [-0.39, 0.29) is 0 Å². The second-order valence-corrected chi connectivity index (χ2v) is 6.90. The highest BCUT2D eigenvalue weighted by Crippen LogP contribution is 2.34. The van der Waals surface area contributed by atoms with Crippen LogP contribution in [-0.4, -0.2) is 6.54 Å². The van der Waals surface area contributed by atoms with Crippen molar-refractivity contribution in [2.24, 2.45) is 0 Å². The second kappa shape index (κ2) is 7.30. The lowest BCUT2D eigenvalue weighted by Crippen LogP contribution is -2.12. The van der Waals surface area contributed by atoms with E-state index in [1.165, 1.54) is 26.5 Å². The van der Waals surface area contributed by atoms with Gasteiger partial charge in [0.25, 0.3) is 0 Å². The summed E-state index contributed by atoms with van der Waals surface area (Å²) in [5.74, 6) is 0. The monoisotopic (exact) mass is 349 g/mol. The fraction of sp³-hybridized carbons (Fsp3) is 0.294. The molecule has 106 valence electrons. The van der Waals surface area contributed by atoms with Crippen LogP contribution in [0.1, 0.15) is 23.6 Å². The molecule has 0 saturated carbocycles. The molecule has 20 heavy (non-hydrogen) atoms. The number of benzene rings is 2. The van der Waals surface area contributed by atoms with Crippen molar-refractivity contribution in [1.82, 2.24) is 5.32 Å². The van der Waals surface area contributed by atoms with Crippen LogP contribution >= 0.6 is 27.7 Å². The Balaban J connectivity index is 2.30. The summed E-state index contributed by atoms with van der Waals surface area (Å²) in [5.41, 5.74) is 3.98. The summed E-state index contributed by atoms with van der Waals surface area (Å²) in [6.07, 6.45) is 0. The lowest BCUT2D eigenvalue weighted by atomic mass is 10.2. The molecule has 2 rings (SSSR count). The molecule has 2 aromatic carbocycles. The molecule has 2 aromatic rings. The van der Waals surface area contributed by atoms with Crippen LogP contribution in [0.2, 0.25) is 0 Å². The van der Waals surface area contributed by atoms with Gasteiger partial charge in [0.2, 0.25) is 0 Å². The summed E-state index contributed by atoms with van der Waals surface area (Å²) >= 11 is 5.42. The van der Waals surface area contributed by atoms with E-state index >= 15 is 0 Å². The third-order valence-corrected chi connectivity index (χ3v) is 4.92. The standard InChI is InChI=1S/C17H20BrNS/c1-4-19-11-14-10-15(18)7-8-16(14)20-17-9-12(2)5-6-13(17)3/h5-10,19H,4,11H2,1-3H3. The van der Waals surface area contributed by atoms with Crippen molar-refractivity contribution in [3.63, 3.8) is 0 Å². The average Bonchev–Trinajstić information content (AvgIpc) is 2.43. The Morgan fingerprint density at radius 2 is 1.85 bits per heavy atom. The molecule has 0 aliphatic heterocycles. The van der Waals surface area contributed by atoms with E-state index in [1.807, 2.05) is 11.8 Å². The highest BCUT2D eigenvalue weighted by molar-refractivity contribution is 9.10. The van der Waals surface area contributed by atoms with Gasteiger partial charge in [-0.1, -0.05) is 46.7 Å². The second-order valence-electron chi connectivity index (χ2n) is 4.90. The molecular formula is C17H20BrNS. The van der Waals surface area contributed by atoms with Gasteiger partial charge in [-0.3, -0.25) is 0 Å². The quantitative estimate of drug-likeness (QED) is 0.783. The fourth-order valence-corrected chi connectivity index (χ4v) is 3.50. The van der Waals surface area contributed by atoms with E-state index in [0.29, 0.717) is 0 Å². The zero-order valence-electron chi connectivity index (χ0n) is 12.2. The number of aryl methyl sites for hydroxylation is 2. The zero-order valence-corrected chi connectivity index (χ0v) is 14.6. The molecule has 0 atom stereocenters. The van der Waals surface area contributed by atoms with Crippen molar-refractivity contribution in [3.8, 4) is 0 Å². The summed E-state index contributed by atoms with van der Waals surface area (Å²) < 4.78 is 1.13. The predicted octanol–water partition coefficient (Wildman–Crippen LogP) is 5.33. The Kier molecular flexibility index (Phi) is 5.70. The molecule has 0 amide bonds. The van der Waals surface area contributed by atoms with Crippen LogP contribution in [0.25, 0.3) is 0 Å². The Bertz CT molecular complexity index is 596. The highest BCUT2D eigenvalue weighted by atomic mass is 79.9. The molecule has 0 heterocycles. The Labute approximate surface area is 134 Å². The number of hydrogen-bond acceptors (Lipinski definition) is 2. The van der Waals surface area contributed by atoms with Crippen LogP contribution in [0.5, 0.6) is 0 Å². The van der Waals surface area contributed by atoms with Crippen molar-refractivity contribution in [2.45, 2.75) is 37.1 Å². The lowest BCUT2D eigenvalue weighted by Gasteiger charge is -2.12. The Hall–Kier alpha value is -0.770. The van der Waals surface area contributed by atoms with E-state index in [4.69, 9.17) is 0 Å². The minimum absolute atomic E-state index is 0.906. The van der Waals surface area contributed by atoms with Gasteiger partial charge >= 0.3 is 0 Å². The van der Waals surface area contributed by atoms with E-state index < -0.39 is 0 Å². The normalized spacial score (nSPS) is 10.8. The minimum atomic E-state index is 0.906. The van der Waals surface area contributed by atoms with Gasteiger partial charge in [-0.15, -0.1) is 0 Å². The van der Waals surface area contributed by atoms with E-state index in [2.05, 4.69) is 78.4 Å². The molecule has 0 aliphatic carbocycles. The Morgan fingerprint density at radius 3 is 2.60 bits per heavy atom. The van der Waals surface area contributed by atoms with Crippen molar-refractivity contribution >= 4 is 27.7 Å². The van der Waals surface area contributed by atoms with E-state index in [9.17, 15) is 0 Å². The number of rotatable bonds is 5.